The number of morpholine rings is 1. The van der Waals surface area contributed by atoms with Gasteiger partial charge < -0.3 is 24.6 Å². The van der Waals surface area contributed by atoms with Crippen molar-refractivity contribution in [3.05, 3.63) is 0 Å². The van der Waals surface area contributed by atoms with Gasteiger partial charge in [-0.25, -0.2) is 0 Å². The Morgan fingerprint density at radius 1 is 1.22 bits per heavy atom. The number of amides is 1. The second-order valence-corrected chi connectivity index (χ2v) is 6.66. The Kier molecular flexibility index (Phi) is 5.87. The first kappa shape index (κ1) is 17.1. The lowest BCUT2D eigenvalue weighted by Crippen LogP contribution is -2.52. The van der Waals surface area contributed by atoms with Crippen molar-refractivity contribution in [3.63, 3.8) is 0 Å². The molecule has 2 saturated heterocycles. The Morgan fingerprint density at radius 3 is 2.65 bits per heavy atom. The summed E-state index contributed by atoms with van der Waals surface area (Å²) < 4.78 is 16.9. The number of nitrogens with one attached hydrogen (secondary N) is 1. The largest absolute Gasteiger partial charge is 0.396 e. The molecular weight excluding hydrogens is 300 g/mol. The van der Waals surface area contributed by atoms with Gasteiger partial charge in [0, 0.05) is 38.1 Å². The van der Waals surface area contributed by atoms with Crippen LogP contribution in [0.4, 0.5) is 0 Å². The predicted molar refractivity (Wildman–Crippen MR) is 82.9 cm³/mol. The van der Waals surface area contributed by atoms with Crippen LogP contribution >= 0.6 is 0 Å². The van der Waals surface area contributed by atoms with E-state index in [0.717, 1.165) is 32.2 Å². The summed E-state index contributed by atoms with van der Waals surface area (Å²) in [6.07, 6.45) is 4.14. The lowest BCUT2D eigenvalue weighted by atomic mass is 9.90. The fourth-order valence-electron chi connectivity index (χ4n) is 3.76. The number of nitrogens with zero attached hydrogens (tertiary/aromatic N) is 1. The zero-order valence-electron chi connectivity index (χ0n) is 13.7. The van der Waals surface area contributed by atoms with E-state index >= 15 is 0 Å². The molecule has 7 heteroatoms. The van der Waals surface area contributed by atoms with E-state index in [1.165, 1.54) is 0 Å². The third-order valence-electron chi connectivity index (χ3n) is 5.08. The minimum Gasteiger partial charge on any atom is -0.396 e. The van der Waals surface area contributed by atoms with E-state index in [0.29, 0.717) is 39.4 Å². The van der Waals surface area contributed by atoms with Crippen molar-refractivity contribution in [2.45, 2.75) is 50.0 Å². The lowest BCUT2D eigenvalue weighted by Gasteiger charge is -2.37. The monoisotopic (exact) mass is 328 g/mol. The number of aliphatic hydroxyl groups excluding tert-OH is 1. The maximum atomic E-state index is 12.3. The molecule has 1 amide bonds. The van der Waals surface area contributed by atoms with E-state index in [1.807, 2.05) is 0 Å². The van der Waals surface area contributed by atoms with Gasteiger partial charge in [0.1, 0.15) is 0 Å². The zero-order valence-corrected chi connectivity index (χ0v) is 13.7. The van der Waals surface area contributed by atoms with Gasteiger partial charge in [-0.05, 0) is 19.3 Å². The van der Waals surface area contributed by atoms with Crippen LogP contribution in [0, 0.1) is 0 Å². The summed E-state index contributed by atoms with van der Waals surface area (Å²) in [5.74, 6) is -0.318. The van der Waals surface area contributed by atoms with Crippen LogP contribution in [0.5, 0.6) is 0 Å². The molecule has 0 aromatic carbocycles. The van der Waals surface area contributed by atoms with Crippen LogP contribution in [0.2, 0.25) is 0 Å². The van der Waals surface area contributed by atoms with Crippen molar-refractivity contribution in [1.29, 1.82) is 0 Å². The van der Waals surface area contributed by atoms with Crippen molar-refractivity contribution in [1.82, 2.24) is 10.2 Å². The Labute approximate surface area is 137 Å². The molecule has 1 saturated carbocycles. The maximum absolute atomic E-state index is 12.3. The number of hydrogen-bond donors (Lipinski definition) is 2. The highest BCUT2D eigenvalue weighted by molar-refractivity contribution is 5.78. The molecular formula is C16H28N2O5. The summed E-state index contributed by atoms with van der Waals surface area (Å²) in [7, 11) is 0. The Morgan fingerprint density at radius 2 is 1.96 bits per heavy atom. The zero-order chi connectivity index (χ0) is 16.1. The van der Waals surface area contributed by atoms with Gasteiger partial charge in [-0.2, -0.15) is 0 Å². The van der Waals surface area contributed by atoms with Gasteiger partial charge in [0.25, 0.3) is 0 Å². The molecule has 2 N–H and O–H groups in total. The average Bonchev–Trinajstić information content (AvgIpc) is 3.00. The van der Waals surface area contributed by atoms with Gasteiger partial charge in [0.05, 0.1) is 33.0 Å². The second kappa shape index (κ2) is 7.90. The van der Waals surface area contributed by atoms with E-state index in [1.54, 1.807) is 0 Å². The van der Waals surface area contributed by atoms with Crippen molar-refractivity contribution in [3.8, 4) is 0 Å². The first-order chi connectivity index (χ1) is 11.2. The third kappa shape index (κ3) is 4.42. The Hall–Kier alpha value is -0.730. The average molecular weight is 328 g/mol. The van der Waals surface area contributed by atoms with Crippen LogP contribution in [0.25, 0.3) is 0 Å². The summed E-state index contributed by atoms with van der Waals surface area (Å²) >= 11 is 0. The van der Waals surface area contributed by atoms with Crippen LogP contribution < -0.4 is 5.32 Å². The van der Waals surface area contributed by atoms with Crippen LogP contribution in [0.15, 0.2) is 0 Å². The maximum Gasteiger partial charge on any atom is 0.234 e. The van der Waals surface area contributed by atoms with Gasteiger partial charge in [0.15, 0.2) is 5.79 Å². The first-order valence-corrected chi connectivity index (χ1v) is 8.71. The molecule has 3 fully saturated rings. The van der Waals surface area contributed by atoms with Gasteiger partial charge in [-0.1, -0.05) is 0 Å². The summed E-state index contributed by atoms with van der Waals surface area (Å²) in [5, 5.41) is 12.3. The van der Waals surface area contributed by atoms with Crippen molar-refractivity contribution >= 4 is 5.91 Å². The number of ether oxygens (including phenoxy) is 3. The summed E-state index contributed by atoms with van der Waals surface area (Å²) in [4.78, 5) is 14.4. The molecule has 0 radical (unpaired) electrons. The summed E-state index contributed by atoms with van der Waals surface area (Å²) in [5.41, 5.74) is 0. The molecule has 132 valence electrons. The van der Waals surface area contributed by atoms with Crippen LogP contribution in [0.3, 0.4) is 0 Å². The number of hydrogen-bond acceptors (Lipinski definition) is 6. The molecule has 0 aromatic rings. The fraction of sp³-hybridized carbons (Fsp3) is 0.938. The highest BCUT2D eigenvalue weighted by Crippen LogP contribution is 2.35. The van der Waals surface area contributed by atoms with E-state index in [2.05, 4.69) is 10.2 Å². The number of carbonyl (C=O) groups is 1. The summed E-state index contributed by atoms with van der Waals surface area (Å²) in [6, 6.07) is 0.340. The molecule has 0 bridgehead atoms. The van der Waals surface area contributed by atoms with Crippen LogP contribution in [-0.4, -0.2) is 79.9 Å². The molecule has 1 spiro atoms. The normalized spacial score (nSPS) is 29.0. The molecule has 1 atom stereocenters. The van der Waals surface area contributed by atoms with Crippen molar-refractivity contribution in [2.24, 2.45) is 0 Å². The number of carbonyl (C=O) groups excluding carboxylic acids is 1. The SMILES string of the molecule is O=C(CN1CCOCC1CCO)NC1CCC2(CC1)OCCO2. The summed E-state index contributed by atoms with van der Waals surface area (Å²) in [6.45, 7) is 3.85. The minimum absolute atomic E-state index is 0.0593. The molecule has 0 aromatic heterocycles. The molecule has 1 unspecified atom stereocenters. The van der Waals surface area contributed by atoms with Gasteiger partial charge >= 0.3 is 0 Å². The predicted octanol–water partition coefficient (Wildman–Crippen LogP) is -0.128. The first-order valence-electron chi connectivity index (χ1n) is 8.71. The molecule has 3 rings (SSSR count). The number of aliphatic hydroxyl groups is 1. The van der Waals surface area contributed by atoms with Crippen LogP contribution in [-0.2, 0) is 19.0 Å². The lowest BCUT2D eigenvalue weighted by molar-refractivity contribution is -0.180. The molecule has 23 heavy (non-hydrogen) atoms. The Bertz CT molecular complexity index is 388. The molecule has 3 aliphatic rings. The standard InChI is InChI=1S/C16H28N2O5/c19-7-3-14-12-21-8-6-18(14)11-15(20)17-13-1-4-16(5-2-13)22-9-10-23-16/h13-14,19H,1-12H2,(H,17,20). The topological polar surface area (TPSA) is 80.3 Å². The molecule has 7 nitrogen and oxygen atoms in total. The third-order valence-corrected chi connectivity index (χ3v) is 5.08. The second-order valence-electron chi connectivity index (χ2n) is 6.66. The van der Waals surface area contributed by atoms with Crippen LogP contribution in [0.1, 0.15) is 32.1 Å². The fourth-order valence-corrected chi connectivity index (χ4v) is 3.76. The van der Waals surface area contributed by atoms with Crippen molar-refractivity contribution in [2.75, 3.05) is 46.1 Å². The van der Waals surface area contributed by atoms with Gasteiger partial charge in [-0.15, -0.1) is 0 Å². The van der Waals surface area contributed by atoms with Gasteiger partial charge in [-0.3, -0.25) is 9.69 Å². The quantitative estimate of drug-likeness (QED) is 0.732. The highest BCUT2D eigenvalue weighted by Gasteiger charge is 2.40. The smallest absolute Gasteiger partial charge is 0.234 e. The van der Waals surface area contributed by atoms with E-state index in [-0.39, 0.29) is 30.4 Å². The van der Waals surface area contributed by atoms with E-state index in [4.69, 9.17) is 19.3 Å². The molecule has 2 aliphatic heterocycles. The van der Waals surface area contributed by atoms with Gasteiger partial charge in [0.2, 0.25) is 5.91 Å². The highest BCUT2D eigenvalue weighted by atomic mass is 16.7. The minimum atomic E-state index is -0.377. The number of rotatable bonds is 5. The van der Waals surface area contributed by atoms with Crippen molar-refractivity contribution < 1.29 is 24.1 Å². The van der Waals surface area contributed by atoms with E-state index < -0.39 is 0 Å². The Balaban J connectivity index is 1.42. The van der Waals surface area contributed by atoms with E-state index in [9.17, 15) is 4.79 Å². The molecule has 1 aliphatic carbocycles. The molecule has 2 heterocycles.